The lowest BCUT2D eigenvalue weighted by Gasteiger charge is -2.25. The molecule has 1 amide bonds. The maximum Gasteiger partial charge on any atom is 0.329 e. The van der Waals surface area contributed by atoms with Gasteiger partial charge in [0.05, 0.1) is 12.4 Å². The summed E-state index contributed by atoms with van der Waals surface area (Å²) in [5.74, 6) is -1.70. The lowest BCUT2D eigenvalue weighted by Crippen LogP contribution is -2.52. The Morgan fingerprint density at radius 2 is 2.17 bits per heavy atom. The Hall–Kier alpha value is -1.69. The van der Waals surface area contributed by atoms with Gasteiger partial charge in [0.1, 0.15) is 16.4 Å². The second-order valence-corrected chi connectivity index (χ2v) is 4.46. The Balaban J connectivity index is 2.88. The van der Waals surface area contributed by atoms with Gasteiger partial charge in [0.2, 0.25) is 0 Å². The number of carboxylic acid groups (broad SMARTS) is 1. The minimum atomic E-state index is -1.32. The van der Waals surface area contributed by atoms with Gasteiger partial charge in [-0.2, -0.15) is 0 Å². The molecule has 0 saturated carbocycles. The summed E-state index contributed by atoms with van der Waals surface area (Å²) in [7, 11) is 0. The third kappa shape index (κ3) is 3.40. The van der Waals surface area contributed by atoms with Gasteiger partial charge in [-0.3, -0.25) is 9.78 Å². The molecule has 18 heavy (non-hydrogen) atoms. The molecule has 0 aromatic carbocycles. The molecule has 0 bridgehead atoms. The molecule has 1 rings (SSSR count). The summed E-state index contributed by atoms with van der Waals surface area (Å²) < 4.78 is 0. The van der Waals surface area contributed by atoms with Crippen molar-refractivity contribution in [2.24, 2.45) is 0 Å². The summed E-state index contributed by atoms with van der Waals surface area (Å²) in [6.07, 6.45) is 3.47. The first-order chi connectivity index (χ1) is 8.39. The van der Waals surface area contributed by atoms with Crippen molar-refractivity contribution in [2.45, 2.75) is 32.2 Å². The summed E-state index contributed by atoms with van der Waals surface area (Å²) >= 11 is 5.61. The molecule has 1 heterocycles. The fourth-order valence-electron chi connectivity index (χ4n) is 1.49. The van der Waals surface area contributed by atoms with Crippen molar-refractivity contribution in [1.29, 1.82) is 0 Å². The number of hydrogen-bond donors (Lipinski definition) is 2. The highest BCUT2D eigenvalue weighted by Gasteiger charge is 2.34. The van der Waals surface area contributed by atoms with Gasteiger partial charge in [-0.25, -0.2) is 9.78 Å². The van der Waals surface area contributed by atoms with Crippen molar-refractivity contribution in [1.82, 2.24) is 15.3 Å². The van der Waals surface area contributed by atoms with E-state index in [0.29, 0.717) is 12.8 Å². The Morgan fingerprint density at radius 3 is 2.67 bits per heavy atom. The number of carboxylic acids is 1. The molecule has 1 unspecified atom stereocenters. The van der Waals surface area contributed by atoms with Gasteiger partial charge in [0.15, 0.2) is 0 Å². The van der Waals surface area contributed by atoms with E-state index in [1.54, 1.807) is 0 Å². The Morgan fingerprint density at radius 1 is 1.50 bits per heavy atom. The van der Waals surface area contributed by atoms with Crippen molar-refractivity contribution >= 4 is 23.5 Å². The van der Waals surface area contributed by atoms with Crippen molar-refractivity contribution < 1.29 is 14.7 Å². The molecule has 2 N–H and O–H groups in total. The van der Waals surface area contributed by atoms with Crippen molar-refractivity contribution in [3.8, 4) is 0 Å². The maximum absolute atomic E-state index is 11.9. The number of carbonyl (C=O) groups is 2. The average Bonchev–Trinajstić information content (AvgIpc) is 2.29. The standard InChI is InChI=1S/C11H14ClN3O3/c1-3-4-11(2,10(17)18)15-9(16)7-5-13-6-8(12)14-7/h5-6H,3-4H2,1-2H3,(H,15,16)(H,17,18). The number of amides is 1. The number of carbonyl (C=O) groups excluding carboxylic acids is 1. The molecule has 0 aliphatic heterocycles. The smallest absolute Gasteiger partial charge is 0.329 e. The molecule has 0 spiro atoms. The number of aliphatic carboxylic acids is 1. The Bertz CT molecular complexity index is 467. The molecule has 7 heteroatoms. The fourth-order valence-corrected chi connectivity index (χ4v) is 1.64. The van der Waals surface area contributed by atoms with Crippen LogP contribution in [0.3, 0.4) is 0 Å². The SMILES string of the molecule is CCCC(C)(NC(=O)c1cncc(Cl)n1)C(=O)O. The predicted octanol–water partition coefficient (Wildman–Crippen LogP) is 1.50. The summed E-state index contributed by atoms with van der Waals surface area (Å²) in [5, 5.41) is 11.7. The van der Waals surface area contributed by atoms with E-state index in [1.807, 2.05) is 6.92 Å². The van der Waals surface area contributed by atoms with Crippen LogP contribution in [0.4, 0.5) is 0 Å². The predicted molar refractivity (Wildman–Crippen MR) is 65.5 cm³/mol. The third-order valence-corrected chi connectivity index (χ3v) is 2.63. The Kier molecular flexibility index (Phi) is 4.61. The van der Waals surface area contributed by atoms with E-state index in [2.05, 4.69) is 15.3 Å². The first-order valence-corrected chi connectivity index (χ1v) is 5.80. The highest BCUT2D eigenvalue weighted by molar-refractivity contribution is 6.29. The quantitative estimate of drug-likeness (QED) is 0.847. The van der Waals surface area contributed by atoms with Gasteiger partial charge in [-0.05, 0) is 13.3 Å². The van der Waals surface area contributed by atoms with Gasteiger partial charge in [-0.15, -0.1) is 0 Å². The van der Waals surface area contributed by atoms with Crippen LogP contribution in [0.5, 0.6) is 0 Å². The summed E-state index contributed by atoms with van der Waals surface area (Å²) in [6, 6.07) is 0. The Labute approximate surface area is 109 Å². The first-order valence-electron chi connectivity index (χ1n) is 5.42. The maximum atomic E-state index is 11.9. The van der Waals surface area contributed by atoms with Crippen molar-refractivity contribution in [3.05, 3.63) is 23.2 Å². The highest BCUT2D eigenvalue weighted by atomic mass is 35.5. The molecular weight excluding hydrogens is 258 g/mol. The van der Waals surface area contributed by atoms with Crippen LogP contribution >= 0.6 is 11.6 Å². The van der Waals surface area contributed by atoms with Crippen LogP contribution in [-0.4, -0.2) is 32.5 Å². The van der Waals surface area contributed by atoms with Crippen LogP contribution in [0.25, 0.3) is 0 Å². The third-order valence-electron chi connectivity index (χ3n) is 2.45. The monoisotopic (exact) mass is 271 g/mol. The van der Waals surface area contributed by atoms with E-state index in [4.69, 9.17) is 16.7 Å². The molecule has 0 fully saturated rings. The first kappa shape index (κ1) is 14.4. The number of hydrogen-bond acceptors (Lipinski definition) is 4. The topological polar surface area (TPSA) is 92.2 Å². The number of nitrogens with one attached hydrogen (secondary N) is 1. The molecule has 1 aromatic heterocycles. The van der Waals surface area contributed by atoms with E-state index in [1.165, 1.54) is 19.3 Å². The van der Waals surface area contributed by atoms with Crippen molar-refractivity contribution in [2.75, 3.05) is 0 Å². The largest absolute Gasteiger partial charge is 0.480 e. The van der Waals surface area contributed by atoms with Crippen LogP contribution in [0.15, 0.2) is 12.4 Å². The number of halogens is 1. The highest BCUT2D eigenvalue weighted by Crippen LogP contribution is 2.13. The van der Waals surface area contributed by atoms with Crippen LogP contribution in [-0.2, 0) is 4.79 Å². The van der Waals surface area contributed by atoms with E-state index in [-0.39, 0.29) is 10.8 Å². The van der Waals surface area contributed by atoms with Crippen LogP contribution in [0.2, 0.25) is 5.15 Å². The van der Waals surface area contributed by atoms with Crippen molar-refractivity contribution in [3.63, 3.8) is 0 Å². The molecule has 0 saturated heterocycles. The average molecular weight is 272 g/mol. The summed E-state index contributed by atoms with van der Waals surface area (Å²) in [5.41, 5.74) is -1.33. The van der Waals surface area contributed by atoms with E-state index < -0.39 is 17.4 Å². The minimum Gasteiger partial charge on any atom is -0.480 e. The molecule has 0 radical (unpaired) electrons. The summed E-state index contributed by atoms with van der Waals surface area (Å²) in [4.78, 5) is 30.5. The normalized spacial score (nSPS) is 13.7. The van der Waals surface area contributed by atoms with Gasteiger partial charge in [-0.1, -0.05) is 24.9 Å². The lowest BCUT2D eigenvalue weighted by molar-refractivity contribution is -0.144. The molecular formula is C11H14ClN3O3. The molecule has 1 aromatic rings. The second kappa shape index (κ2) is 5.77. The van der Waals surface area contributed by atoms with Gasteiger partial charge in [0.25, 0.3) is 5.91 Å². The van der Waals surface area contributed by atoms with Gasteiger partial charge < -0.3 is 10.4 Å². The second-order valence-electron chi connectivity index (χ2n) is 4.07. The van der Waals surface area contributed by atoms with Crippen LogP contribution in [0, 0.1) is 0 Å². The molecule has 6 nitrogen and oxygen atoms in total. The lowest BCUT2D eigenvalue weighted by atomic mass is 9.96. The van der Waals surface area contributed by atoms with E-state index >= 15 is 0 Å². The zero-order valence-corrected chi connectivity index (χ0v) is 10.9. The molecule has 0 aliphatic carbocycles. The number of nitrogens with zero attached hydrogens (tertiary/aromatic N) is 2. The van der Waals surface area contributed by atoms with Crippen LogP contribution in [0.1, 0.15) is 37.2 Å². The fraction of sp³-hybridized carbons (Fsp3) is 0.455. The van der Waals surface area contributed by atoms with Gasteiger partial charge in [0, 0.05) is 0 Å². The molecule has 1 atom stereocenters. The van der Waals surface area contributed by atoms with E-state index in [9.17, 15) is 9.59 Å². The summed E-state index contributed by atoms with van der Waals surface area (Å²) in [6.45, 7) is 3.29. The zero-order valence-electron chi connectivity index (χ0n) is 10.1. The molecule has 0 aliphatic rings. The van der Waals surface area contributed by atoms with Crippen LogP contribution < -0.4 is 5.32 Å². The molecule has 98 valence electrons. The number of aromatic nitrogens is 2. The van der Waals surface area contributed by atoms with Gasteiger partial charge >= 0.3 is 5.97 Å². The minimum absolute atomic E-state index is 0.00826. The van der Waals surface area contributed by atoms with E-state index in [0.717, 1.165) is 0 Å². The zero-order chi connectivity index (χ0) is 13.8. The number of rotatable bonds is 5.